The molecule has 0 amide bonds. The first-order valence-corrected chi connectivity index (χ1v) is 11.5. The Hall–Kier alpha value is -2.62. The molecule has 1 atom stereocenters. The Kier molecular flexibility index (Phi) is 4.81. The highest BCUT2D eigenvalue weighted by molar-refractivity contribution is 5.04. The van der Waals surface area contributed by atoms with E-state index in [1.54, 1.807) is 0 Å². The van der Waals surface area contributed by atoms with Crippen LogP contribution < -0.4 is 0 Å². The fourth-order valence-corrected chi connectivity index (χ4v) is 4.47. The highest BCUT2D eigenvalue weighted by atomic mass is 16.5. The fraction of sp³-hybridized carbons (Fsp3) is 0.714. The topological polar surface area (TPSA) is 112 Å². The molecule has 2 saturated carbocycles. The minimum absolute atomic E-state index is 0.464. The summed E-state index contributed by atoms with van der Waals surface area (Å²) in [5.74, 6) is 6.65. The number of aryl methyl sites for hydroxylation is 2. The van der Waals surface area contributed by atoms with Gasteiger partial charge in [0.1, 0.15) is 11.6 Å². The Balaban J connectivity index is 1.18. The maximum atomic E-state index is 5.48. The number of fused-ring (bicyclic) bond motifs is 1. The van der Waals surface area contributed by atoms with E-state index in [0.29, 0.717) is 30.8 Å². The van der Waals surface area contributed by atoms with Crippen molar-refractivity contribution < 1.29 is 9.05 Å². The molecule has 4 heterocycles. The number of aromatic nitrogens is 7. The van der Waals surface area contributed by atoms with Gasteiger partial charge in [-0.25, -0.2) is 0 Å². The Bertz CT molecular complexity index is 982. The second kappa shape index (κ2) is 7.81. The van der Waals surface area contributed by atoms with Gasteiger partial charge in [-0.15, -0.1) is 10.2 Å². The minimum Gasteiger partial charge on any atom is -0.339 e. The number of hydrogen-bond acceptors (Lipinski definition) is 9. The van der Waals surface area contributed by atoms with Crippen molar-refractivity contribution in [2.45, 2.75) is 83.3 Å². The van der Waals surface area contributed by atoms with Gasteiger partial charge < -0.3 is 13.6 Å². The van der Waals surface area contributed by atoms with E-state index in [2.05, 4.69) is 46.9 Å². The van der Waals surface area contributed by atoms with Crippen molar-refractivity contribution in [3.8, 4) is 0 Å². The van der Waals surface area contributed by atoms with Crippen LogP contribution >= 0.6 is 0 Å². The number of hydrogen-bond donors (Lipinski definition) is 0. The van der Waals surface area contributed by atoms with Gasteiger partial charge in [-0.3, -0.25) is 4.90 Å². The van der Waals surface area contributed by atoms with Crippen molar-refractivity contribution in [3.63, 3.8) is 0 Å². The van der Waals surface area contributed by atoms with E-state index < -0.39 is 0 Å². The van der Waals surface area contributed by atoms with Gasteiger partial charge in [0.15, 0.2) is 11.6 Å². The van der Waals surface area contributed by atoms with Gasteiger partial charge in [0.05, 0.1) is 13.1 Å². The van der Waals surface area contributed by atoms with Crippen molar-refractivity contribution in [1.29, 1.82) is 0 Å². The van der Waals surface area contributed by atoms with Crippen LogP contribution in [0.15, 0.2) is 9.05 Å². The molecule has 3 aromatic heterocycles. The van der Waals surface area contributed by atoms with Crippen molar-refractivity contribution in [2.75, 3.05) is 6.54 Å². The third kappa shape index (κ3) is 4.13. The van der Waals surface area contributed by atoms with Crippen LogP contribution in [-0.2, 0) is 32.5 Å². The summed E-state index contributed by atoms with van der Waals surface area (Å²) in [5.41, 5.74) is 0. The summed E-state index contributed by atoms with van der Waals surface area (Å²) in [6.07, 6.45) is 7.58. The van der Waals surface area contributed by atoms with Crippen LogP contribution in [0.5, 0.6) is 0 Å². The first-order chi connectivity index (χ1) is 15.2. The number of rotatable bonds is 9. The van der Waals surface area contributed by atoms with Crippen LogP contribution in [0.4, 0.5) is 0 Å². The SMILES string of the molecule is CCc1nnc2n1CC(CN(Cc1noc(C3CC3)n1)Cc1noc(C3CC3)n1)CC2. The van der Waals surface area contributed by atoms with Crippen LogP contribution in [0.3, 0.4) is 0 Å². The standard InChI is InChI=1S/C21H28N8O2/c1-2-18-24-25-19-8-3-13(10-29(18)19)9-28(11-16-22-20(30-26-16)14-4-5-14)12-17-23-21(31-27-17)15-6-7-15/h13-15H,2-12H2,1H3. The lowest BCUT2D eigenvalue weighted by atomic mass is 9.98. The predicted molar refractivity (Wildman–Crippen MR) is 108 cm³/mol. The zero-order valence-corrected chi connectivity index (χ0v) is 17.9. The lowest BCUT2D eigenvalue weighted by molar-refractivity contribution is 0.175. The van der Waals surface area contributed by atoms with Crippen LogP contribution in [0.25, 0.3) is 0 Å². The van der Waals surface area contributed by atoms with Crippen LogP contribution in [0.1, 0.15) is 85.9 Å². The summed E-state index contributed by atoms with van der Waals surface area (Å²) >= 11 is 0. The molecule has 1 unspecified atom stereocenters. The molecule has 3 aromatic rings. The molecule has 10 heteroatoms. The molecule has 0 spiro atoms. The molecule has 0 radical (unpaired) electrons. The Morgan fingerprint density at radius 2 is 1.55 bits per heavy atom. The molecule has 0 N–H and O–H groups in total. The van der Waals surface area contributed by atoms with E-state index >= 15 is 0 Å². The Labute approximate surface area is 180 Å². The highest BCUT2D eigenvalue weighted by Crippen LogP contribution is 2.39. The molecular formula is C21H28N8O2. The molecular weight excluding hydrogens is 396 g/mol. The highest BCUT2D eigenvalue weighted by Gasteiger charge is 2.32. The molecule has 0 aromatic carbocycles. The molecule has 0 bridgehead atoms. The third-order valence-corrected chi connectivity index (χ3v) is 6.50. The van der Waals surface area contributed by atoms with E-state index in [9.17, 15) is 0 Å². The zero-order valence-electron chi connectivity index (χ0n) is 17.9. The van der Waals surface area contributed by atoms with E-state index in [-0.39, 0.29) is 0 Å². The quantitative estimate of drug-likeness (QED) is 0.511. The maximum Gasteiger partial charge on any atom is 0.229 e. The lowest BCUT2D eigenvalue weighted by Gasteiger charge is -2.29. The van der Waals surface area contributed by atoms with Gasteiger partial charge in [-0.1, -0.05) is 17.2 Å². The lowest BCUT2D eigenvalue weighted by Crippen LogP contribution is -2.34. The first-order valence-electron chi connectivity index (χ1n) is 11.5. The maximum absolute atomic E-state index is 5.48. The molecule has 2 aliphatic carbocycles. The fourth-order valence-electron chi connectivity index (χ4n) is 4.47. The van der Waals surface area contributed by atoms with Crippen LogP contribution in [-0.4, -0.2) is 46.5 Å². The smallest absolute Gasteiger partial charge is 0.229 e. The van der Waals surface area contributed by atoms with Crippen molar-refractivity contribution in [2.24, 2.45) is 5.92 Å². The van der Waals surface area contributed by atoms with Crippen molar-refractivity contribution in [1.82, 2.24) is 39.9 Å². The van der Waals surface area contributed by atoms with E-state index in [4.69, 9.17) is 9.05 Å². The monoisotopic (exact) mass is 424 g/mol. The van der Waals surface area contributed by atoms with Crippen LogP contribution in [0.2, 0.25) is 0 Å². The largest absolute Gasteiger partial charge is 0.339 e. The van der Waals surface area contributed by atoms with Gasteiger partial charge in [0.2, 0.25) is 11.8 Å². The Morgan fingerprint density at radius 1 is 0.903 bits per heavy atom. The summed E-state index contributed by atoms with van der Waals surface area (Å²) < 4.78 is 13.3. The molecule has 0 saturated heterocycles. The van der Waals surface area contributed by atoms with Gasteiger partial charge in [-0.05, 0) is 38.0 Å². The van der Waals surface area contributed by atoms with Gasteiger partial charge in [0, 0.05) is 37.8 Å². The Morgan fingerprint density at radius 3 is 2.13 bits per heavy atom. The molecule has 31 heavy (non-hydrogen) atoms. The second-order valence-corrected chi connectivity index (χ2v) is 9.22. The molecule has 164 valence electrons. The summed E-state index contributed by atoms with van der Waals surface area (Å²) in [7, 11) is 0. The summed E-state index contributed by atoms with van der Waals surface area (Å²) in [6.45, 7) is 5.22. The molecule has 6 rings (SSSR count). The minimum atomic E-state index is 0.464. The van der Waals surface area contributed by atoms with Crippen LogP contribution in [0, 0.1) is 5.92 Å². The van der Waals surface area contributed by atoms with Gasteiger partial charge in [0.25, 0.3) is 0 Å². The second-order valence-electron chi connectivity index (χ2n) is 9.22. The first kappa shape index (κ1) is 19.1. The average Bonchev–Trinajstić information content (AvgIpc) is 3.68. The summed E-state index contributed by atoms with van der Waals surface area (Å²) in [6, 6.07) is 0. The van der Waals surface area contributed by atoms with Gasteiger partial charge >= 0.3 is 0 Å². The summed E-state index contributed by atoms with van der Waals surface area (Å²) in [4.78, 5) is 11.6. The van der Waals surface area contributed by atoms with Crippen molar-refractivity contribution in [3.05, 3.63) is 35.1 Å². The summed E-state index contributed by atoms with van der Waals surface area (Å²) in [5, 5.41) is 17.2. The van der Waals surface area contributed by atoms with E-state index in [0.717, 1.165) is 93.1 Å². The number of nitrogens with zero attached hydrogens (tertiary/aromatic N) is 8. The van der Waals surface area contributed by atoms with Crippen molar-refractivity contribution >= 4 is 0 Å². The van der Waals surface area contributed by atoms with E-state index in [1.165, 1.54) is 0 Å². The normalized spacial score (nSPS) is 21.0. The molecule has 1 aliphatic heterocycles. The van der Waals surface area contributed by atoms with E-state index in [1.807, 2.05) is 0 Å². The molecule has 3 aliphatic rings. The third-order valence-electron chi connectivity index (χ3n) is 6.50. The van der Waals surface area contributed by atoms with Gasteiger partial charge in [-0.2, -0.15) is 9.97 Å². The molecule has 10 nitrogen and oxygen atoms in total. The zero-order chi connectivity index (χ0) is 20.8. The average molecular weight is 425 g/mol. The molecule has 2 fully saturated rings. The predicted octanol–water partition coefficient (Wildman–Crippen LogP) is 2.63.